The van der Waals surface area contributed by atoms with Crippen LogP contribution >= 0.6 is 0 Å². The largest absolute Gasteiger partial charge is 0.347 e. The summed E-state index contributed by atoms with van der Waals surface area (Å²) in [4.78, 5) is 23.3. The summed E-state index contributed by atoms with van der Waals surface area (Å²) in [6.45, 7) is 7.58. The van der Waals surface area contributed by atoms with Crippen LogP contribution in [0.1, 0.15) is 30.5 Å². The lowest BCUT2D eigenvalue weighted by Gasteiger charge is -2.10. The van der Waals surface area contributed by atoms with Crippen molar-refractivity contribution in [2.24, 2.45) is 0 Å². The Labute approximate surface area is 102 Å². The molecule has 1 aromatic carbocycles. The summed E-state index contributed by atoms with van der Waals surface area (Å²) in [5, 5.41) is 2.61. The van der Waals surface area contributed by atoms with Crippen LogP contribution in [-0.4, -0.2) is 17.7 Å². The highest BCUT2D eigenvalue weighted by atomic mass is 16.2. The van der Waals surface area contributed by atoms with Crippen LogP contribution in [0.3, 0.4) is 0 Å². The molecule has 0 aliphatic rings. The van der Waals surface area contributed by atoms with E-state index in [1.54, 1.807) is 0 Å². The summed E-state index contributed by atoms with van der Waals surface area (Å²) in [7, 11) is 0. The lowest BCUT2D eigenvalue weighted by molar-refractivity contribution is -0.137. The first-order valence-corrected chi connectivity index (χ1v) is 5.80. The van der Waals surface area contributed by atoms with E-state index in [0.29, 0.717) is 0 Å². The summed E-state index contributed by atoms with van der Waals surface area (Å²) in [5.74, 6) is -0.876. The number of carbonyl (C=O) groups is 2. The van der Waals surface area contributed by atoms with E-state index in [0.717, 1.165) is 16.7 Å². The molecule has 0 aliphatic carbocycles. The molecule has 92 valence electrons. The molecule has 0 radical (unpaired) electrons. The van der Waals surface area contributed by atoms with Gasteiger partial charge < -0.3 is 5.32 Å². The Morgan fingerprint density at radius 3 is 2.18 bits per heavy atom. The molecule has 0 heterocycles. The molecule has 3 nitrogen and oxygen atoms in total. The van der Waals surface area contributed by atoms with E-state index < -0.39 is 5.91 Å². The third-order valence-electron chi connectivity index (χ3n) is 2.65. The highest BCUT2D eigenvalue weighted by molar-refractivity contribution is 6.36. The van der Waals surface area contributed by atoms with Gasteiger partial charge in [0.2, 0.25) is 5.78 Å². The summed E-state index contributed by atoms with van der Waals surface area (Å²) in [5.41, 5.74) is 3.06. The second-order valence-electron chi connectivity index (χ2n) is 4.60. The molecule has 0 atom stereocenters. The van der Waals surface area contributed by atoms with Gasteiger partial charge in [-0.2, -0.15) is 0 Å². The number of Topliss-reactive ketones (excluding diaryl/α,β-unsaturated/α-hetero) is 1. The zero-order chi connectivity index (χ0) is 13.0. The van der Waals surface area contributed by atoms with Crippen molar-refractivity contribution >= 4 is 11.7 Å². The number of carbonyl (C=O) groups excluding carboxylic acids is 2. The van der Waals surface area contributed by atoms with Crippen molar-refractivity contribution < 1.29 is 9.59 Å². The van der Waals surface area contributed by atoms with E-state index in [4.69, 9.17) is 0 Å². The second-order valence-corrected chi connectivity index (χ2v) is 4.60. The van der Waals surface area contributed by atoms with E-state index in [2.05, 4.69) is 5.32 Å². The van der Waals surface area contributed by atoms with Crippen LogP contribution in [0.15, 0.2) is 18.2 Å². The molecule has 1 aromatic rings. The standard InChI is InChI=1S/C14H19NO2/c1-9(2)15-14(17)13(16)8-12-10(3)6-5-7-11(12)4/h5-7,9H,8H2,1-4H3,(H,15,17). The molecule has 1 amide bonds. The monoisotopic (exact) mass is 233 g/mol. The number of hydrogen-bond donors (Lipinski definition) is 1. The van der Waals surface area contributed by atoms with Crippen molar-refractivity contribution in [3.05, 3.63) is 34.9 Å². The number of ketones is 1. The summed E-state index contributed by atoms with van der Waals surface area (Å²) in [6.07, 6.45) is 0.178. The van der Waals surface area contributed by atoms with Crippen LogP contribution in [0.5, 0.6) is 0 Å². The van der Waals surface area contributed by atoms with Crippen molar-refractivity contribution in [3.8, 4) is 0 Å². The maximum Gasteiger partial charge on any atom is 0.287 e. The fourth-order valence-electron chi connectivity index (χ4n) is 1.71. The Bertz CT molecular complexity index is 416. The third-order valence-corrected chi connectivity index (χ3v) is 2.65. The third kappa shape index (κ3) is 3.70. The maximum absolute atomic E-state index is 11.7. The molecule has 0 saturated carbocycles. The fourth-order valence-corrected chi connectivity index (χ4v) is 1.71. The first-order chi connectivity index (χ1) is 7.91. The first-order valence-electron chi connectivity index (χ1n) is 5.80. The highest BCUT2D eigenvalue weighted by Crippen LogP contribution is 2.14. The van der Waals surface area contributed by atoms with Gasteiger partial charge in [0.1, 0.15) is 0 Å². The quantitative estimate of drug-likeness (QED) is 0.808. The molecule has 0 fully saturated rings. The maximum atomic E-state index is 11.7. The number of rotatable bonds is 4. The van der Waals surface area contributed by atoms with Crippen LogP contribution < -0.4 is 5.32 Å². The van der Waals surface area contributed by atoms with Crippen molar-refractivity contribution in [2.75, 3.05) is 0 Å². The predicted octanol–water partition coefficient (Wildman–Crippen LogP) is 1.94. The zero-order valence-electron chi connectivity index (χ0n) is 10.8. The smallest absolute Gasteiger partial charge is 0.287 e. The van der Waals surface area contributed by atoms with Gasteiger partial charge in [-0.15, -0.1) is 0 Å². The van der Waals surface area contributed by atoms with Crippen molar-refractivity contribution in [1.82, 2.24) is 5.32 Å². The minimum absolute atomic E-state index is 0.00980. The Morgan fingerprint density at radius 2 is 1.71 bits per heavy atom. The molecule has 0 bridgehead atoms. The van der Waals surface area contributed by atoms with E-state index in [9.17, 15) is 9.59 Å². The number of aryl methyl sites for hydroxylation is 2. The summed E-state index contributed by atoms with van der Waals surface area (Å²) in [6, 6.07) is 5.85. The van der Waals surface area contributed by atoms with E-state index in [1.807, 2.05) is 45.9 Å². The normalized spacial score (nSPS) is 10.4. The van der Waals surface area contributed by atoms with E-state index >= 15 is 0 Å². The van der Waals surface area contributed by atoms with Gasteiger partial charge in [-0.25, -0.2) is 0 Å². The van der Waals surface area contributed by atoms with Crippen LogP contribution in [0, 0.1) is 13.8 Å². The topological polar surface area (TPSA) is 46.2 Å². The van der Waals surface area contributed by atoms with Gasteiger partial charge in [-0.3, -0.25) is 9.59 Å². The van der Waals surface area contributed by atoms with Gasteiger partial charge in [0, 0.05) is 12.5 Å². The van der Waals surface area contributed by atoms with Gasteiger partial charge >= 0.3 is 0 Å². The molecule has 0 saturated heterocycles. The summed E-state index contributed by atoms with van der Waals surface area (Å²) < 4.78 is 0. The Hall–Kier alpha value is -1.64. The number of hydrogen-bond acceptors (Lipinski definition) is 2. The number of benzene rings is 1. The second kappa shape index (κ2) is 5.62. The molecular weight excluding hydrogens is 214 g/mol. The number of amides is 1. The molecule has 17 heavy (non-hydrogen) atoms. The number of nitrogens with one attached hydrogen (secondary N) is 1. The van der Waals surface area contributed by atoms with Crippen LogP contribution in [0.4, 0.5) is 0 Å². The Morgan fingerprint density at radius 1 is 1.18 bits per heavy atom. The van der Waals surface area contributed by atoms with Crippen LogP contribution in [-0.2, 0) is 16.0 Å². The first kappa shape index (κ1) is 13.4. The van der Waals surface area contributed by atoms with Crippen LogP contribution in [0.25, 0.3) is 0 Å². The highest BCUT2D eigenvalue weighted by Gasteiger charge is 2.16. The lowest BCUT2D eigenvalue weighted by Crippen LogP contribution is -2.36. The van der Waals surface area contributed by atoms with E-state index in [1.165, 1.54) is 0 Å². The average molecular weight is 233 g/mol. The molecule has 3 heteroatoms. The average Bonchev–Trinajstić information content (AvgIpc) is 2.22. The minimum atomic E-state index is -0.498. The molecule has 1 rings (SSSR count). The zero-order valence-corrected chi connectivity index (χ0v) is 10.8. The molecular formula is C14H19NO2. The predicted molar refractivity (Wildman–Crippen MR) is 67.9 cm³/mol. The Kier molecular flexibility index (Phi) is 4.44. The molecule has 1 N–H and O–H groups in total. The van der Waals surface area contributed by atoms with Crippen molar-refractivity contribution in [3.63, 3.8) is 0 Å². The molecule has 0 unspecified atom stereocenters. The van der Waals surface area contributed by atoms with Gasteiger partial charge in [0.15, 0.2) is 0 Å². The summed E-state index contributed by atoms with van der Waals surface area (Å²) >= 11 is 0. The van der Waals surface area contributed by atoms with Crippen molar-refractivity contribution in [2.45, 2.75) is 40.2 Å². The van der Waals surface area contributed by atoms with Gasteiger partial charge in [0.25, 0.3) is 5.91 Å². The molecule has 0 aromatic heterocycles. The fraction of sp³-hybridized carbons (Fsp3) is 0.429. The SMILES string of the molecule is Cc1cccc(C)c1CC(=O)C(=O)NC(C)C. The van der Waals surface area contributed by atoms with Crippen molar-refractivity contribution in [1.29, 1.82) is 0 Å². The molecule has 0 aliphatic heterocycles. The van der Waals surface area contributed by atoms with Gasteiger partial charge in [0.05, 0.1) is 0 Å². The Balaban J connectivity index is 2.78. The van der Waals surface area contributed by atoms with Gasteiger partial charge in [-0.1, -0.05) is 18.2 Å². The van der Waals surface area contributed by atoms with E-state index in [-0.39, 0.29) is 18.2 Å². The molecule has 0 spiro atoms. The van der Waals surface area contributed by atoms with Gasteiger partial charge in [-0.05, 0) is 44.4 Å². The van der Waals surface area contributed by atoms with Crippen LogP contribution in [0.2, 0.25) is 0 Å². The lowest BCUT2D eigenvalue weighted by atomic mass is 9.98. The minimum Gasteiger partial charge on any atom is -0.347 e.